The number of aromatic nitrogens is 1. The minimum absolute atomic E-state index is 0.000941. The van der Waals surface area contributed by atoms with Crippen LogP contribution < -0.4 is 20.8 Å². The molecule has 214 valence electrons. The first-order chi connectivity index (χ1) is 19.7. The Labute approximate surface area is 233 Å². The van der Waals surface area contributed by atoms with Gasteiger partial charge in [0.15, 0.2) is 11.9 Å². The van der Waals surface area contributed by atoms with Crippen LogP contribution in [0.15, 0.2) is 53.5 Å². The van der Waals surface area contributed by atoms with E-state index in [4.69, 9.17) is 9.47 Å². The van der Waals surface area contributed by atoms with Crippen molar-refractivity contribution in [3.05, 3.63) is 98.5 Å². The number of ether oxygens (including phenoxy) is 2. The van der Waals surface area contributed by atoms with E-state index in [1.54, 1.807) is 25.2 Å². The predicted octanol–water partition coefficient (Wildman–Crippen LogP) is 2.59. The van der Waals surface area contributed by atoms with Crippen LogP contribution in [0.5, 0.6) is 5.75 Å². The van der Waals surface area contributed by atoms with E-state index in [-0.39, 0.29) is 36.0 Å². The van der Waals surface area contributed by atoms with Crippen LogP contribution in [-0.2, 0) is 24.4 Å². The van der Waals surface area contributed by atoms with Crippen molar-refractivity contribution in [1.29, 1.82) is 0 Å². The Kier molecular flexibility index (Phi) is 7.95. The molecule has 0 bridgehead atoms. The van der Waals surface area contributed by atoms with Gasteiger partial charge in [0.05, 0.1) is 18.7 Å². The maximum Gasteiger partial charge on any atom is 0.344 e. The standard InChI is InChI=1S/C29H28F2N4O6/c1-16-9-10-40-23-15-34-14-21(27(37)33-13-18-7-8-19(30)11-22(18)31)25(36)26(24(34)28(38)35(16)23)41-29(39)20-6-4-3-5-17(20)12-32-2/h3-8,11,14,16,23,32H,9-10,12-13,15H2,1-2H3,(H,33,37)/t16-,23+/m1/s1. The van der Waals surface area contributed by atoms with E-state index in [9.17, 15) is 28.0 Å². The van der Waals surface area contributed by atoms with Gasteiger partial charge in [0.2, 0.25) is 11.2 Å². The molecule has 2 atom stereocenters. The van der Waals surface area contributed by atoms with Crippen molar-refractivity contribution in [3.63, 3.8) is 0 Å². The number of rotatable bonds is 7. The molecule has 2 N–H and O–H groups in total. The molecule has 0 saturated carbocycles. The van der Waals surface area contributed by atoms with Crippen LogP contribution in [0.2, 0.25) is 0 Å². The lowest BCUT2D eigenvalue weighted by molar-refractivity contribution is -0.112. The van der Waals surface area contributed by atoms with Gasteiger partial charge < -0.3 is 29.6 Å². The molecule has 3 aromatic rings. The number of hydrogen-bond donors (Lipinski definition) is 2. The third kappa shape index (κ3) is 5.48. The number of carbonyl (C=O) groups is 3. The Hall–Kier alpha value is -4.42. The van der Waals surface area contributed by atoms with Crippen molar-refractivity contribution < 1.29 is 32.6 Å². The van der Waals surface area contributed by atoms with E-state index < -0.39 is 52.4 Å². The fourth-order valence-corrected chi connectivity index (χ4v) is 5.05. The highest BCUT2D eigenvalue weighted by atomic mass is 19.1. The molecule has 2 aliphatic heterocycles. The van der Waals surface area contributed by atoms with Gasteiger partial charge in [0, 0.05) is 37.0 Å². The van der Waals surface area contributed by atoms with E-state index in [0.29, 0.717) is 31.2 Å². The van der Waals surface area contributed by atoms with Crippen LogP contribution in [-0.4, -0.2) is 53.2 Å². The predicted molar refractivity (Wildman–Crippen MR) is 142 cm³/mol. The van der Waals surface area contributed by atoms with Gasteiger partial charge in [-0.2, -0.15) is 0 Å². The van der Waals surface area contributed by atoms with Crippen LogP contribution in [0, 0.1) is 11.6 Å². The third-order valence-electron chi connectivity index (χ3n) is 7.16. The summed E-state index contributed by atoms with van der Waals surface area (Å²) in [6, 6.07) is 9.34. The molecule has 1 saturated heterocycles. The molecule has 12 heteroatoms. The lowest BCUT2D eigenvalue weighted by Gasteiger charge is -2.44. The summed E-state index contributed by atoms with van der Waals surface area (Å²) in [6.45, 7) is 2.37. The third-order valence-corrected chi connectivity index (χ3v) is 7.16. The van der Waals surface area contributed by atoms with E-state index >= 15 is 0 Å². The number of hydrogen-bond acceptors (Lipinski definition) is 7. The minimum Gasteiger partial charge on any atom is -0.416 e. The molecule has 3 heterocycles. The lowest BCUT2D eigenvalue weighted by Crippen LogP contribution is -2.57. The summed E-state index contributed by atoms with van der Waals surface area (Å²) in [7, 11) is 1.71. The van der Waals surface area contributed by atoms with Crippen molar-refractivity contribution in [3.8, 4) is 5.75 Å². The van der Waals surface area contributed by atoms with Gasteiger partial charge in [0.1, 0.15) is 17.2 Å². The Balaban J connectivity index is 1.55. The lowest BCUT2D eigenvalue weighted by atomic mass is 10.1. The molecule has 2 amide bonds. The first kappa shape index (κ1) is 28.1. The van der Waals surface area contributed by atoms with Crippen LogP contribution in [0.4, 0.5) is 8.78 Å². The normalized spacial score (nSPS) is 18.0. The second-order valence-corrected chi connectivity index (χ2v) is 9.87. The number of esters is 1. The molecular formula is C29H28F2N4O6. The van der Waals surface area contributed by atoms with E-state index in [1.165, 1.54) is 27.8 Å². The quantitative estimate of drug-likeness (QED) is 0.422. The molecule has 0 spiro atoms. The topological polar surface area (TPSA) is 119 Å². The maximum absolute atomic E-state index is 14.1. The Bertz CT molecular complexity index is 1590. The molecule has 5 rings (SSSR count). The average Bonchev–Trinajstić information content (AvgIpc) is 2.94. The summed E-state index contributed by atoms with van der Waals surface area (Å²) in [5.41, 5.74) is -0.797. The van der Waals surface area contributed by atoms with E-state index in [2.05, 4.69) is 10.6 Å². The number of halogens is 2. The van der Waals surface area contributed by atoms with Gasteiger partial charge in [0.25, 0.3) is 11.8 Å². The first-order valence-corrected chi connectivity index (χ1v) is 13.1. The minimum atomic E-state index is -0.981. The molecule has 2 aromatic carbocycles. The number of pyridine rings is 1. The van der Waals surface area contributed by atoms with Crippen LogP contribution >= 0.6 is 0 Å². The number of carbonyl (C=O) groups excluding carboxylic acids is 3. The molecule has 0 unspecified atom stereocenters. The van der Waals surface area contributed by atoms with Crippen LogP contribution in [0.3, 0.4) is 0 Å². The highest BCUT2D eigenvalue weighted by Gasteiger charge is 2.42. The maximum atomic E-state index is 14.1. The molecule has 41 heavy (non-hydrogen) atoms. The summed E-state index contributed by atoms with van der Waals surface area (Å²) >= 11 is 0. The smallest absolute Gasteiger partial charge is 0.344 e. The summed E-state index contributed by atoms with van der Waals surface area (Å²) in [5.74, 6) is -4.56. The molecule has 1 aromatic heterocycles. The summed E-state index contributed by atoms with van der Waals surface area (Å²) in [6.07, 6.45) is 1.14. The van der Waals surface area contributed by atoms with Gasteiger partial charge in [-0.25, -0.2) is 13.6 Å². The monoisotopic (exact) mass is 566 g/mol. The number of nitrogens with one attached hydrogen (secondary N) is 2. The van der Waals surface area contributed by atoms with Crippen molar-refractivity contribution in [2.24, 2.45) is 0 Å². The fourth-order valence-electron chi connectivity index (χ4n) is 5.05. The number of benzene rings is 2. The van der Waals surface area contributed by atoms with Crippen molar-refractivity contribution >= 4 is 17.8 Å². The first-order valence-electron chi connectivity index (χ1n) is 13.1. The van der Waals surface area contributed by atoms with Crippen LogP contribution in [0.1, 0.15) is 55.7 Å². The van der Waals surface area contributed by atoms with Crippen molar-refractivity contribution in [1.82, 2.24) is 20.1 Å². The van der Waals surface area contributed by atoms with Crippen molar-refractivity contribution in [2.75, 3.05) is 13.7 Å². The average molecular weight is 567 g/mol. The summed E-state index contributed by atoms with van der Waals surface area (Å²) in [4.78, 5) is 55.4. The zero-order valence-electron chi connectivity index (χ0n) is 22.4. The highest BCUT2D eigenvalue weighted by molar-refractivity contribution is 6.01. The molecule has 10 nitrogen and oxygen atoms in total. The second-order valence-electron chi connectivity index (χ2n) is 9.87. The largest absolute Gasteiger partial charge is 0.416 e. The zero-order valence-corrected chi connectivity index (χ0v) is 22.4. The zero-order chi connectivity index (χ0) is 29.3. The molecule has 2 aliphatic rings. The van der Waals surface area contributed by atoms with Gasteiger partial charge in [-0.05, 0) is 38.1 Å². The Morgan fingerprint density at radius 2 is 1.85 bits per heavy atom. The van der Waals surface area contributed by atoms with Crippen LogP contribution in [0.25, 0.3) is 0 Å². The number of fused-ring (bicyclic) bond motifs is 2. The van der Waals surface area contributed by atoms with E-state index in [0.717, 1.165) is 6.07 Å². The van der Waals surface area contributed by atoms with E-state index in [1.807, 2.05) is 6.92 Å². The summed E-state index contributed by atoms with van der Waals surface area (Å²) in [5, 5.41) is 5.40. The molecule has 1 fully saturated rings. The van der Waals surface area contributed by atoms with Gasteiger partial charge in [-0.1, -0.05) is 24.3 Å². The fraction of sp³-hybridized carbons (Fsp3) is 0.310. The molecular weight excluding hydrogens is 538 g/mol. The van der Waals surface area contributed by atoms with Gasteiger partial charge in [-0.3, -0.25) is 14.4 Å². The van der Waals surface area contributed by atoms with Gasteiger partial charge >= 0.3 is 5.97 Å². The Morgan fingerprint density at radius 1 is 1.07 bits per heavy atom. The molecule has 0 radical (unpaired) electrons. The molecule has 0 aliphatic carbocycles. The van der Waals surface area contributed by atoms with Gasteiger partial charge in [-0.15, -0.1) is 0 Å². The summed E-state index contributed by atoms with van der Waals surface area (Å²) < 4.78 is 40.2. The number of amides is 2. The number of nitrogens with zero attached hydrogens (tertiary/aromatic N) is 2. The Morgan fingerprint density at radius 3 is 2.61 bits per heavy atom. The highest BCUT2D eigenvalue weighted by Crippen LogP contribution is 2.30. The SMILES string of the molecule is CNCc1ccccc1C(=O)Oc1c2n(cc(C(=O)NCc3ccc(F)cc3F)c1=O)C[C@@H]1OCC[C@@H](C)N1C2=O. The van der Waals surface area contributed by atoms with Crippen molar-refractivity contribution in [2.45, 2.75) is 45.2 Å². The second kappa shape index (κ2) is 11.6.